The summed E-state index contributed by atoms with van der Waals surface area (Å²) in [5.74, 6) is -0.198. The second-order valence-corrected chi connectivity index (χ2v) is 8.03. The summed E-state index contributed by atoms with van der Waals surface area (Å²) >= 11 is 0. The number of carbonyl (C=O) groups excluding carboxylic acids is 2. The zero-order valence-electron chi connectivity index (χ0n) is 16.7. The highest BCUT2D eigenvalue weighted by molar-refractivity contribution is 5.99. The van der Waals surface area contributed by atoms with Crippen LogP contribution in [0.5, 0.6) is 0 Å². The normalized spacial score (nSPS) is 17.1. The van der Waals surface area contributed by atoms with E-state index >= 15 is 0 Å². The topological polar surface area (TPSA) is 65.5 Å². The number of aryl methyl sites for hydroxylation is 1. The number of fused-ring (bicyclic) bond motifs is 1. The summed E-state index contributed by atoms with van der Waals surface area (Å²) in [6.07, 6.45) is 5.38. The number of pyridine rings is 1. The van der Waals surface area contributed by atoms with Crippen LogP contribution in [-0.4, -0.2) is 42.5 Å². The lowest BCUT2D eigenvalue weighted by atomic mass is 9.63. The minimum atomic E-state index is -0.598. The Balaban J connectivity index is 1.62. The van der Waals surface area contributed by atoms with Crippen LogP contribution in [0, 0.1) is 5.82 Å². The third kappa shape index (κ3) is 3.45. The van der Waals surface area contributed by atoms with E-state index in [-0.39, 0.29) is 11.9 Å². The first-order valence-corrected chi connectivity index (χ1v) is 9.96. The average molecular weight is 396 g/mol. The number of hydrogen-bond donors (Lipinski definition) is 1. The highest BCUT2D eigenvalue weighted by atomic mass is 19.1. The van der Waals surface area contributed by atoms with Gasteiger partial charge in [-0.05, 0) is 55.0 Å². The molecule has 3 amide bonds. The number of anilines is 2. The van der Waals surface area contributed by atoms with Crippen LogP contribution in [0.3, 0.4) is 0 Å². The van der Waals surface area contributed by atoms with Gasteiger partial charge in [0.05, 0.1) is 11.6 Å². The highest BCUT2D eigenvalue weighted by Gasteiger charge is 2.46. The molecule has 1 fully saturated rings. The minimum absolute atomic E-state index is 0.0304. The molecule has 0 atom stereocenters. The molecule has 2 aromatic rings. The first kappa shape index (κ1) is 19.4. The predicted molar refractivity (Wildman–Crippen MR) is 110 cm³/mol. The second kappa shape index (κ2) is 7.46. The molecule has 1 aliphatic heterocycles. The van der Waals surface area contributed by atoms with Crippen LogP contribution in [0.25, 0.3) is 0 Å². The predicted octanol–water partition coefficient (Wildman–Crippen LogP) is 3.72. The summed E-state index contributed by atoms with van der Waals surface area (Å²) in [5, 5.41) is 2.84. The molecule has 2 heterocycles. The molecule has 0 bridgehead atoms. The summed E-state index contributed by atoms with van der Waals surface area (Å²) in [5.41, 5.74) is 2.40. The van der Waals surface area contributed by atoms with Crippen molar-refractivity contribution in [2.45, 2.75) is 37.5 Å². The Labute approximate surface area is 169 Å². The van der Waals surface area contributed by atoms with Gasteiger partial charge in [-0.3, -0.25) is 9.69 Å². The van der Waals surface area contributed by atoms with Gasteiger partial charge in [0.15, 0.2) is 0 Å². The standard InChI is InChI=1S/C22H25FN4O2/c1-26(2)21(29)27-12-3-5-15-13-16(6-8-18(15)27)22(10-4-11-22)20(28)25-19-9-7-17(23)14-24-19/h6-9,13-14H,3-5,10-12H2,1-2H3,(H,24,25,28). The van der Waals surface area contributed by atoms with E-state index in [2.05, 4.69) is 16.4 Å². The van der Waals surface area contributed by atoms with Crippen LogP contribution < -0.4 is 10.2 Å². The van der Waals surface area contributed by atoms with Gasteiger partial charge < -0.3 is 10.2 Å². The fourth-order valence-corrected chi connectivity index (χ4v) is 4.20. The molecule has 6 nitrogen and oxygen atoms in total. The molecule has 0 radical (unpaired) electrons. The van der Waals surface area contributed by atoms with E-state index in [0.717, 1.165) is 55.1 Å². The molecule has 1 aromatic heterocycles. The van der Waals surface area contributed by atoms with Crippen molar-refractivity contribution < 1.29 is 14.0 Å². The van der Waals surface area contributed by atoms with Crippen molar-refractivity contribution >= 4 is 23.4 Å². The van der Waals surface area contributed by atoms with Crippen LogP contribution >= 0.6 is 0 Å². The van der Waals surface area contributed by atoms with Crippen LogP contribution in [-0.2, 0) is 16.6 Å². The van der Waals surface area contributed by atoms with Crippen molar-refractivity contribution in [3.63, 3.8) is 0 Å². The molecule has 4 rings (SSSR count). The molecule has 0 saturated heterocycles. The number of amides is 3. The summed E-state index contributed by atoms with van der Waals surface area (Å²) in [7, 11) is 3.50. The van der Waals surface area contributed by atoms with Gasteiger partial charge in [-0.15, -0.1) is 0 Å². The maximum absolute atomic E-state index is 13.1. The summed E-state index contributed by atoms with van der Waals surface area (Å²) in [6, 6.07) is 8.74. The molecule has 0 spiro atoms. The number of nitrogens with one attached hydrogen (secondary N) is 1. The lowest BCUT2D eigenvalue weighted by molar-refractivity contribution is -0.124. The number of benzene rings is 1. The molecule has 1 aliphatic carbocycles. The van der Waals surface area contributed by atoms with Gasteiger partial charge in [-0.25, -0.2) is 14.2 Å². The molecule has 1 aromatic carbocycles. The molecule has 1 saturated carbocycles. The Morgan fingerprint density at radius 1 is 1.17 bits per heavy atom. The number of aromatic nitrogens is 1. The molecular weight excluding hydrogens is 371 g/mol. The molecule has 7 heteroatoms. The fraction of sp³-hybridized carbons (Fsp3) is 0.409. The van der Waals surface area contributed by atoms with Crippen LogP contribution in [0.2, 0.25) is 0 Å². The first-order chi connectivity index (χ1) is 13.9. The number of nitrogens with zero attached hydrogens (tertiary/aromatic N) is 3. The second-order valence-electron chi connectivity index (χ2n) is 8.03. The van der Waals surface area contributed by atoms with E-state index in [9.17, 15) is 14.0 Å². The Kier molecular flexibility index (Phi) is 4.98. The van der Waals surface area contributed by atoms with Gasteiger partial charge in [-0.1, -0.05) is 18.6 Å². The van der Waals surface area contributed by atoms with Gasteiger partial charge in [0, 0.05) is 26.3 Å². The molecule has 0 unspecified atom stereocenters. The largest absolute Gasteiger partial charge is 0.330 e. The third-order valence-electron chi connectivity index (χ3n) is 5.97. The molecule has 1 N–H and O–H groups in total. The van der Waals surface area contributed by atoms with Crippen molar-refractivity contribution in [2.24, 2.45) is 0 Å². The Hall–Kier alpha value is -2.96. The Bertz CT molecular complexity index is 938. The van der Waals surface area contributed by atoms with E-state index in [1.807, 2.05) is 12.1 Å². The Morgan fingerprint density at radius 3 is 2.59 bits per heavy atom. The monoisotopic (exact) mass is 396 g/mol. The molecule has 152 valence electrons. The Morgan fingerprint density at radius 2 is 1.97 bits per heavy atom. The van der Waals surface area contributed by atoms with Crippen molar-refractivity contribution in [3.05, 3.63) is 53.5 Å². The maximum Gasteiger partial charge on any atom is 0.323 e. The quantitative estimate of drug-likeness (QED) is 0.860. The maximum atomic E-state index is 13.1. The fourth-order valence-electron chi connectivity index (χ4n) is 4.20. The van der Waals surface area contributed by atoms with Gasteiger partial charge in [0.25, 0.3) is 0 Å². The van der Waals surface area contributed by atoms with E-state index in [4.69, 9.17) is 0 Å². The van der Waals surface area contributed by atoms with Crippen LogP contribution in [0.15, 0.2) is 36.5 Å². The number of carbonyl (C=O) groups is 2. The zero-order chi connectivity index (χ0) is 20.6. The number of urea groups is 1. The summed E-state index contributed by atoms with van der Waals surface area (Å²) in [6.45, 7) is 0.700. The molecule has 2 aliphatic rings. The van der Waals surface area contributed by atoms with Crippen molar-refractivity contribution in [1.82, 2.24) is 9.88 Å². The number of hydrogen-bond acceptors (Lipinski definition) is 3. The summed E-state index contributed by atoms with van der Waals surface area (Å²) < 4.78 is 13.1. The summed E-state index contributed by atoms with van der Waals surface area (Å²) in [4.78, 5) is 32.9. The van der Waals surface area contributed by atoms with E-state index < -0.39 is 11.2 Å². The van der Waals surface area contributed by atoms with Gasteiger partial charge in [-0.2, -0.15) is 0 Å². The van der Waals surface area contributed by atoms with Crippen LogP contribution in [0.4, 0.5) is 20.7 Å². The van der Waals surface area contributed by atoms with E-state index in [1.54, 1.807) is 23.9 Å². The van der Waals surface area contributed by atoms with Crippen molar-refractivity contribution in [3.8, 4) is 0 Å². The lowest BCUT2D eigenvalue weighted by Crippen LogP contribution is -2.46. The van der Waals surface area contributed by atoms with E-state index in [0.29, 0.717) is 12.4 Å². The molecular formula is C22H25FN4O2. The average Bonchev–Trinajstić information content (AvgIpc) is 2.67. The minimum Gasteiger partial charge on any atom is -0.330 e. The zero-order valence-corrected chi connectivity index (χ0v) is 16.7. The van der Waals surface area contributed by atoms with Gasteiger partial charge in [0.1, 0.15) is 11.6 Å². The lowest BCUT2D eigenvalue weighted by Gasteiger charge is -2.41. The first-order valence-electron chi connectivity index (χ1n) is 9.96. The highest BCUT2D eigenvalue weighted by Crippen LogP contribution is 2.46. The molecule has 29 heavy (non-hydrogen) atoms. The van der Waals surface area contributed by atoms with Gasteiger partial charge >= 0.3 is 6.03 Å². The van der Waals surface area contributed by atoms with E-state index in [1.165, 1.54) is 12.1 Å². The van der Waals surface area contributed by atoms with Crippen molar-refractivity contribution in [1.29, 1.82) is 0 Å². The van der Waals surface area contributed by atoms with Crippen LogP contribution in [0.1, 0.15) is 36.8 Å². The smallest absolute Gasteiger partial charge is 0.323 e. The van der Waals surface area contributed by atoms with Crippen molar-refractivity contribution in [2.75, 3.05) is 30.9 Å². The van der Waals surface area contributed by atoms with Gasteiger partial charge in [0.2, 0.25) is 5.91 Å². The number of rotatable bonds is 3. The third-order valence-corrected chi connectivity index (χ3v) is 5.97. The number of halogens is 1. The SMILES string of the molecule is CN(C)C(=O)N1CCCc2cc(C3(C(=O)Nc4ccc(F)cn4)CCC3)ccc21.